The van der Waals surface area contributed by atoms with Crippen molar-refractivity contribution in [2.24, 2.45) is 17.3 Å². The highest BCUT2D eigenvalue weighted by molar-refractivity contribution is 6.33. The fourth-order valence-electron chi connectivity index (χ4n) is 7.09. The molecular weight excluding hydrogens is 451 g/mol. The van der Waals surface area contributed by atoms with Gasteiger partial charge in [0.05, 0.1) is 10.7 Å². The zero-order valence-electron chi connectivity index (χ0n) is 19.7. The van der Waals surface area contributed by atoms with Crippen LogP contribution in [0.3, 0.4) is 0 Å². The van der Waals surface area contributed by atoms with Gasteiger partial charge in [-0.2, -0.15) is 0 Å². The number of hydrogen-bond acceptors (Lipinski definition) is 5. The maximum Gasteiger partial charge on any atom is 0.148 e. The van der Waals surface area contributed by atoms with Gasteiger partial charge >= 0.3 is 0 Å². The Morgan fingerprint density at radius 2 is 1.71 bits per heavy atom. The lowest BCUT2D eigenvalue weighted by atomic mass is 9.68. The number of benzene rings is 1. The van der Waals surface area contributed by atoms with Crippen molar-refractivity contribution in [3.63, 3.8) is 0 Å². The van der Waals surface area contributed by atoms with Crippen LogP contribution >= 0.6 is 11.6 Å². The van der Waals surface area contributed by atoms with Gasteiger partial charge in [-0.25, -0.2) is 4.39 Å². The van der Waals surface area contributed by atoms with Gasteiger partial charge < -0.3 is 10.1 Å². The molecule has 2 aliphatic heterocycles. The second-order valence-corrected chi connectivity index (χ2v) is 11.5. The minimum atomic E-state index is -0.328. The van der Waals surface area contributed by atoms with Crippen molar-refractivity contribution in [2.75, 3.05) is 31.6 Å². The van der Waals surface area contributed by atoms with Crippen LogP contribution in [0.25, 0.3) is 11.3 Å². The van der Waals surface area contributed by atoms with E-state index < -0.39 is 0 Å². The van der Waals surface area contributed by atoms with Crippen LogP contribution in [-0.4, -0.2) is 53.5 Å². The van der Waals surface area contributed by atoms with Gasteiger partial charge in [-0.1, -0.05) is 11.6 Å². The van der Waals surface area contributed by atoms with Crippen LogP contribution in [0, 0.1) is 23.1 Å². The third-order valence-corrected chi connectivity index (χ3v) is 9.42. The average molecular weight is 485 g/mol. The van der Waals surface area contributed by atoms with Crippen molar-refractivity contribution in [1.82, 2.24) is 15.1 Å². The first kappa shape index (κ1) is 22.7. The van der Waals surface area contributed by atoms with E-state index in [-0.39, 0.29) is 5.82 Å². The number of anilines is 1. The number of rotatable bonds is 4. The SMILES string of the molecule is Fc1ccc(Cl)c(-c2ccc(NC3C[C@@H]4CN(C5CCC6(CCOCC6)CC5)C[C@H]4C3)nn2)c1. The highest BCUT2D eigenvalue weighted by atomic mass is 35.5. The van der Waals surface area contributed by atoms with E-state index in [2.05, 4.69) is 20.4 Å². The van der Waals surface area contributed by atoms with Gasteiger partial charge in [0, 0.05) is 44.0 Å². The van der Waals surface area contributed by atoms with Crippen LogP contribution in [0.5, 0.6) is 0 Å². The molecule has 1 aromatic heterocycles. The lowest BCUT2D eigenvalue weighted by molar-refractivity contribution is -0.0186. The van der Waals surface area contributed by atoms with Crippen LogP contribution < -0.4 is 5.32 Å². The third-order valence-electron chi connectivity index (χ3n) is 9.09. The molecule has 0 radical (unpaired) electrons. The van der Waals surface area contributed by atoms with Crippen molar-refractivity contribution in [1.29, 1.82) is 0 Å². The van der Waals surface area contributed by atoms with Gasteiger partial charge in [-0.3, -0.25) is 4.90 Å². The molecule has 0 bridgehead atoms. The van der Waals surface area contributed by atoms with E-state index >= 15 is 0 Å². The first-order valence-corrected chi connectivity index (χ1v) is 13.3. The van der Waals surface area contributed by atoms with Crippen molar-refractivity contribution < 1.29 is 9.13 Å². The molecule has 2 aromatic rings. The number of hydrogen-bond donors (Lipinski definition) is 1. The summed E-state index contributed by atoms with van der Waals surface area (Å²) in [5.41, 5.74) is 1.75. The molecular formula is C27H34ClFN4O. The molecule has 5 nitrogen and oxygen atoms in total. The highest BCUT2D eigenvalue weighted by Gasteiger charge is 2.45. The Morgan fingerprint density at radius 3 is 2.38 bits per heavy atom. The van der Waals surface area contributed by atoms with Gasteiger partial charge in [0.15, 0.2) is 0 Å². The Balaban J connectivity index is 1.01. The third kappa shape index (κ3) is 4.57. The number of nitrogens with one attached hydrogen (secondary N) is 1. The molecule has 4 fully saturated rings. The van der Waals surface area contributed by atoms with Gasteiger partial charge in [-0.05, 0) is 98.9 Å². The van der Waals surface area contributed by atoms with E-state index in [1.54, 1.807) is 6.07 Å². The minimum Gasteiger partial charge on any atom is -0.381 e. The van der Waals surface area contributed by atoms with E-state index in [1.165, 1.54) is 76.6 Å². The molecule has 2 atom stereocenters. The Hall–Kier alpha value is -1.76. The molecule has 4 aliphatic rings. The number of aromatic nitrogens is 2. The summed E-state index contributed by atoms with van der Waals surface area (Å²) < 4.78 is 19.2. The quantitative estimate of drug-likeness (QED) is 0.594. The molecule has 1 N–H and O–H groups in total. The average Bonchev–Trinajstić information content (AvgIpc) is 3.41. The molecule has 3 heterocycles. The number of fused-ring (bicyclic) bond motifs is 1. The predicted molar refractivity (Wildman–Crippen MR) is 132 cm³/mol. The number of ether oxygens (including phenoxy) is 1. The molecule has 182 valence electrons. The Morgan fingerprint density at radius 1 is 0.971 bits per heavy atom. The Labute approximate surface area is 206 Å². The minimum absolute atomic E-state index is 0.328. The van der Waals surface area contributed by atoms with Crippen LogP contribution in [0.15, 0.2) is 30.3 Å². The van der Waals surface area contributed by atoms with Crippen molar-refractivity contribution in [3.05, 3.63) is 41.2 Å². The summed E-state index contributed by atoms with van der Waals surface area (Å²) in [6.45, 7) is 4.45. The van der Waals surface area contributed by atoms with E-state index in [0.717, 1.165) is 36.9 Å². The summed E-state index contributed by atoms with van der Waals surface area (Å²) in [7, 11) is 0. The van der Waals surface area contributed by atoms with Gasteiger partial charge in [0.2, 0.25) is 0 Å². The second kappa shape index (κ2) is 9.36. The lowest BCUT2D eigenvalue weighted by Crippen LogP contribution is -2.42. The number of halogens is 2. The largest absolute Gasteiger partial charge is 0.381 e. The zero-order chi connectivity index (χ0) is 23.1. The summed E-state index contributed by atoms with van der Waals surface area (Å²) in [5, 5.41) is 12.7. The maximum atomic E-state index is 13.6. The van der Waals surface area contributed by atoms with Crippen molar-refractivity contribution >= 4 is 17.4 Å². The molecule has 34 heavy (non-hydrogen) atoms. The second-order valence-electron chi connectivity index (χ2n) is 11.1. The zero-order valence-corrected chi connectivity index (χ0v) is 20.4. The molecule has 6 rings (SSSR count). The summed E-state index contributed by atoms with van der Waals surface area (Å²) in [4.78, 5) is 2.81. The molecule has 1 spiro atoms. The molecule has 7 heteroatoms. The molecule has 1 aromatic carbocycles. The molecule has 0 amide bonds. The van der Waals surface area contributed by atoms with Crippen molar-refractivity contribution in [3.8, 4) is 11.3 Å². The van der Waals surface area contributed by atoms with E-state index in [1.807, 2.05) is 12.1 Å². The van der Waals surface area contributed by atoms with Crippen LogP contribution in [0.4, 0.5) is 10.2 Å². The molecule has 0 unspecified atom stereocenters. The first-order chi connectivity index (χ1) is 16.6. The fourth-order valence-corrected chi connectivity index (χ4v) is 7.31. The van der Waals surface area contributed by atoms with E-state index in [9.17, 15) is 4.39 Å². The van der Waals surface area contributed by atoms with E-state index in [4.69, 9.17) is 16.3 Å². The lowest BCUT2D eigenvalue weighted by Gasteiger charge is -2.45. The Bertz CT molecular complexity index is 988. The predicted octanol–water partition coefficient (Wildman–Crippen LogP) is 5.80. The van der Waals surface area contributed by atoms with Crippen LogP contribution in [-0.2, 0) is 4.74 Å². The highest BCUT2D eigenvalue weighted by Crippen LogP contribution is 2.47. The summed E-state index contributed by atoms with van der Waals surface area (Å²) in [6.07, 6.45) is 10.5. The van der Waals surface area contributed by atoms with Gasteiger partial charge in [0.1, 0.15) is 11.6 Å². The number of nitrogens with zero attached hydrogens (tertiary/aromatic N) is 3. The standard InChI is InChI=1S/C27H34ClFN4O/c28-24-2-1-20(29)15-23(24)25-3-4-26(32-31-25)30-21-13-18-16-33(17-19(18)14-21)22-5-7-27(8-6-22)9-11-34-12-10-27/h1-4,15,18-19,21-22H,5-14,16-17H2,(H,30,32)/t18-,19-/m1/s1. The van der Waals surface area contributed by atoms with Gasteiger partial charge in [-0.15, -0.1) is 10.2 Å². The normalized spacial score (nSPS) is 27.8. The summed E-state index contributed by atoms with van der Waals surface area (Å²) >= 11 is 6.21. The smallest absolute Gasteiger partial charge is 0.148 e. The van der Waals surface area contributed by atoms with Gasteiger partial charge in [0.25, 0.3) is 0 Å². The van der Waals surface area contributed by atoms with Crippen molar-refractivity contribution in [2.45, 2.75) is 63.5 Å². The maximum absolute atomic E-state index is 13.6. The summed E-state index contributed by atoms with van der Waals surface area (Å²) in [5.74, 6) is 2.03. The summed E-state index contributed by atoms with van der Waals surface area (Å²) in [6, 6.07) is 9.34. The number of likely N-dealkylation sites (tertiary alicyclic amines) is 1. The Kier molecular flexibility index (Phi) is 6.25. The molecule has 2 saturated heterocycles. The molecule has 2 saturated carbocycles. The van der Waals surface area contributed by atoms with Crippen LogP contribution in [0.1, 0.15) is 51.4 Å². The molecule has 2 aliphatic carbocycles. The topological polar surface area (TPSA) is 50.3 Å². The first-order valence-electron chi connectivity index (χ1n) is 12.9. The fraction of sp³-hybridized carbons (Fsp3) is 0.630. The van der Waals surface area contributed by atoms with E-state index in [0.29, 0.717) is 27.7 Å². The monoisotopic (exact) mass is 484 g/mol. The van der Waals surface area contributed by atoms with Crippen LogP contribution in [0.2, 0.25) is 5.02 Å².